The van der Waals surface area contributed by atoms with Crippen LogP contribution >= 0.6 is 11.3 Å². The molecule has 1 aromatic heterocycles. The van der Waals surface area contributed by atoms with Crippen LogP contribution in [-0.2, 0) is 6.54 Å². The molecule has 0 aliphatic carbocycles. The first kappa shape index (κ1) is 16.9. The van der Waals surface area contributed by atoms with Gasteiger partial charge in [-0.1, -0.05) is 36.4 Å². The zero-order valence-electron chi connectivity index (χ0n) is 14.0. The average Bonchev–Trinajstić information content (AvgIpc) is 2.97. The minimum Gasteiger partial charge on any atom is -0.490 e. The Morgan fingerprint density at radius 1 is 1.21 bits per heavy atom. The molecule has 0 saturated heterocycles. The molecule has 3 rings (SSSR count). The summed E-state index contributed by atoms with van der Waals surface area (Å²) in [4.78, 5) is 6.51. The summed E-state index contributed by atoms with van der Waals surface area (Å²) in [6.07, 6.45) is -0.547. The van der Waals surface area contributed by atoms with E-state index >= 15 is 0 Å². The molecule has 0 saturated carbocycles. The molecule has 0 radical (unpaired) electrons. The fourth-order valence-electron chi connectivity index (χ4n) is 2.74. The Kier molecular flexibility index (Phi) is 5.45. The largest absolute Gasteiger partial charge is 0.490 e. The molecule has 2 aromatic carbocycles. The first-order chi connectivity index (χ1) is 11.6. The highest BCUT2D eigenvalue weighted by molar-refractivity contribution is 7.09. The van der Waals surface area contributed by atoms with Gasteiger partial charge in [0.15, 0.2) is 0 Å². The molecule has 24 heavy (non-hydrogen) atoms. The second-order valence-electron chi connectivity index (χ2n) is 6.00. The predicted octanol–water partition coefficient (Wildman–Crippen LogP) is 3.48. The third-order valence-electron chi connectivity index (χ3n) is 3.80. The molecule has 3 aromatic rings. The van der Waals surface area contributed by atoms with Crippen molar-refractivity contribution in [2.45, 2.75) is 19.6 Å². The number of rotatable bonds is 7. The Bertz CT molecular complexity index is 797. The normalized spacial score (nSPS) is 12.7. The maximum atomic E-state index is 10.3. The quantitative estimate of drug-likeness (QED) is 0.714. The maximum Gasteiger partial charge on any atom is 0.127 e. The molecular formula is C19H22N2O2S. The number of thiazole rings is 1. The van der Waals surface area contributed by atoms with Gasteiger partial charge in [-0.2, -0.15) is 0 Å². The van der Waals surface area contributed by atoms with E-state index in [4.69, 9.17) is 4.74 Å². The third kappa shape index (κ3) is 4.32. The lowest BCUT2D eigenvalue weighted by atomic mass is 10.1. The van der Waals surface area contributed by atoms with Crippen molar-refractivity contribution in [3.05, 3.63) is 58.5 Å². The van der Waals surface area contributed by atoms with Crippen LogP contribution in [0.5, 0.6) is 5.75 Å². The number of nitrogens with zero attached hydrogens (tertiary/aromatic N) is 2. The van der Waals surface area contributed by atoms with Crippen molar-refractivity contribution in [2.75, 3.05) is 20.2 Å². The lowest BCUT2D eigenvalue weighted by molar-refractivity contribution is 0.0747. The molecule has 126 valence electrons. The highest BCUT2D eigenvalue weighted by atomic mass is 32.1. The van der Waals surface area contributed by atoms with Gasteiger partial charge in [0.05, 0.1) is 10.7 Å². The molecular weight excluding hydrogens is 320 g/mol. The van der Waals surface area contributed by atoms with Crippen LogP contribution < -0.4 is 4.74 Å². The minimum absolute atomic E-state index is 0.272. The van der Waals surface area contributed by atoms with E-state index in [1.54, 1.807) is 11.3 Å². The molecule has 1 heterocycles. The average molecular weight is 342 g/mol. The zero-order valence-corrected chi connectivity index (χ0v) is 14.8. The van der Waals surface area contributed by atoms with Gasteiger partial charge in [-0.15, -0.1) is 11.3 Å². The van der Waals surface area contributed by atoms with Gasteiger partial charge >= 0.3 is 0 Å². The van der Waals surface area contributed by atoms with Crippen LogP contribution in [0, 0.1) is 6.92 Å². The van der Waals surface area contributed by atoms with Gasteiger partial charge < -0.3 is 9.84 Å². The van der Waals surface area contributed by atoms with Crippen LogP contribution in [0.25, 0.3) is 10.8 Å². The van der Waals surface area contributed by atoms with Crippen LogP contribution in [0.1, 0.15) is 10.7 Å². The number of fused-ring (bicyclic) bond motifs is 1. The van der Waals surface area contributed by atoms with Gasteiger partial charge in [0.1, 0.15) is 18.5 Å². The summed E-state index contributed by atoms with van der Waals surface area (Å²) in [7, 11) is 1.98. The number of ether oxygens (including phenoxy) is 1. The summed E-state index contributed by atoms with van der Waals surface area (Å²) >= 11 is 1.65. The highest BCUT2D eigenvalue weighted by Crippen LogP contribution is 2.25. The first-order valence-corrected chi connectivity index (χ1v) is 8.88. The van der Waals surface area contributed by atoms with Gasteiger partial charge in [0, 0.05) is 23.9 Å². The number of aliphatic hydroxyl groups excluding tert-OH is 1. The fraction of sp³-hybridized carbons (Fsp3) is 0.316. The Morgan fingerprint density at radius 2 is 2.00 bits per heavy atom. The monoisotopic (exact) mass is 342 g/mol. The third-order valence-corrected chi connectivity index (χ3v) is 4.62. The summed E-state index contributed by atoms with van der Waals surface area (Å²) in [5, 5.41) is 15.6. The van der Waals surface area contributed by atoms with Crippen molar-refractivity contribution in [3.63, 3.8) is 0 Å². The molecule has 0 bridgehead atoms. The summed E-state index contributed by atoms with van der Waals surface area (Å²) in [6, 6.07) is 14.1. The van der Waals surface area contributed by atoms with E-state index in [0.29, 0.717) is 6.54 Å². The zero-order chi connectivity index (χ0) is 16.9. The number of aryl methyl sites for hydroxylation is 1. The van der Waals surface area contributed by atoms with Crippen LogP contribution in [-0.4, -0.2) is 41.3 Å². The van der Waals surface area contributed by atoms with Gasteiger partial charge in [-0.05, 0) is 25.4 Å². The molecule has 0 fully saturated rings. The number of likely N-dealkylation sites (N-methyl/N-ethyl adjacent to an activating group) is 1. The number of hydrogen-bond donors (Lipinski definition) is 1. The molecule has 4 nitrogen and oxygen atoms in total. The second-order valence-corrected chi connectivity index (χ2v) is 7.06. The minimum atomic E-state index is -0.547. The number of benzene rings is 2. The first-order valence-electron chi connectivity index (χ1n) is 8.00. The van der Waals surface area contributed by atoms with Gasteiger partial charge in [-0.3, -0.25) is 4.90 Å². The van der Waals surface area contributed by atoms with Crippen molar-refractivity contribution in [3.8, 4) is 5.75 Å². The van der Waals surface area contributed by atoms with Gasteiger partial charge in [0.2, 0.25) is 0 Å². The van der Waals surface area contributed by atoms with E-state index in [9.17, 15) is 5.11 Å². The van der Waals surface area contributed by atoms with Crippen molar-refractivity contribution < 1.29 is 9.84 Å². The number of hydrogen-bond acceptors (Lipinski definition) is 5. The lowest BCUT2D eigenvalue weighted by Crippen LogP contribution is -2.32. The molecule has 5 heteroatoms. The Labute approximate surface area is 146 Å². The van der Waals surface area contributed by atoms with E-state index in [1.807, 2.05) is 44.3 Å². The molecule has 1 atom stereocenters. The summed E-state index contributed by atoms with van der Waals surface area (Å²) < 4.78 is 5.85. The van der Waals surface area contributed by atoms with Gasteiger partial charge in [0.25, 0.3) is 0 Å². The van der Waals surface area contributed by atoms with Crippen molar-refractivity contribution >= 4 is 22.1 Å². The summed E-state index contributed by atoms with van der Waals surface area (Å²) in [6.45, 7) is 3.55. The molecule has 1 N–H and O–H groups in total. The van der Waals surface area contributed by atoms with Crippen LogP contribution in [0.15, 0.2) is 47.8 Å². The lowest BCUT2D eigenvalue weighted by Gasteiger charge is -2.20. The smallest absolute Gasteiger partial charge is 0.127 e. The Balaban J connectivity index is 1.54. The SMILES string of the molecule is Cc1nc(CN(C)CC(O)COc2cccc3ccccc23)cs1. The van der Waals surface area contributed by atoms with E-state index in [2.05, 4.69) is 27.4 Å². The molecule has 0 spiro atoms. The van der Waals surface area contributed by atoms with Crippen molar-refractivity contribution in [2.24, 2.45) is 0 Å². The molecule has 0 amide bonds. The standard InChI is InChI=1S/C19H22N2O2S/c1-14-20-16(13-24-14)10-21(2)11-17(22)12-23-19-9-5-7-15-6-3-4-8-18(15)19/h3-9,13,17,22H,10-12H2,1-2H3. The molecule has 1 unspecified atom stereocenters. The van der Waals surface area contributed by atoms with E-state index in [0.717, 1.165) is 33.8 Å². The van der Waals surface area contributed by atoms with E-state index in [1.165, 1.54) is 0 Å². The summed E-state index contributed by atoms with van der Waals surface area (Å²) in [5.41, 5.74) is 1.04. The summed E-state index contributed by atoms with van der Waals surface area (Å²) in [5.74, 6) is 0.810. The predicted molar refractivity (Wildman–Crippen MR) is 98.6 cm³/mol. The Hall–Kier alpha value is -1.95. The van der Waals surface area contributed by atoms with Crippen molar-refractivity contribution in [1.29, 1.82) is 0 Å². The Morgan fingerprint density at radius 3 is 2.79 bits per heavy atom. The van der Waals surface area contributed by atoms with E-state index in [-0.39, 0.29) is 6.61 Å². The van der Waals surface area contributed by atoms with Crippen molar-refractivity contribution in [1.82, 2.24) is 9.88 Å². The fourth-order valence-corrected chi connectivity index (χ4v) is 3.35. The number of aromatic nitrogens is 1. The van der Waals surface area contributed by atoms with Crippen LogP contribution in [0.2, 0.25) is 0 Å². The topological polar surface area (TPSA) is 45.6 Å². The van der Waals surface area contributed by atoms with Crippen LogP contribution in [0.3, 0.4) is 0 Å². The van der Waals surface area contributed by atoms with E-state index < -0.39 is 6.10 Å². The molecule has 0 aliphatic heterocycles. The number of aliphatic hydroxyl groups is 1. The second kappa shape index (κ2) is 7.75. The maximum absolute atomic E-state index is 10.3. The molecule has 0 aliphatic rings. The van der Waals surface area contributed by atoms with Gasteiger partial charge in [-0.25, -0.2) is 4.98 Å². The highest BCUT2D eigenvalue weighted by Gasteiger charge is 2.11. The van der Waals surface area contributed by atoms with Crippen LogP contribution in [0.4, 0.5) is 0 Å².